The van der Waals surface area contributed by atoms with Crippen molar-refractivity contribution >= 4 is 14.2 Å². The number of hydrogen-bond acceptors (Lipinski definition) is 3. The molecule has 0 heterocycles. The molecule has 0 bridgehead atoms. The molecule has 1 amide bonds. The largest absolute Gasteiger partial charge is 0.416 e. The lowest BCUT2D eigenvalue weighted by molar-refractivity contribution is -0.173. The van der Waals surface area contributed by atoms with E-state index in [9.17, 15) is 4.79 Å². The van der Waals surface area contributed by atoms with E-state index in [1.807, 2.05) is 6.92 Å². The smallest absolute Gasteiger partial charge is 0.250 e. The highest BCUT2D eigenvalue weighted by molar-refractivity contribution is 6.74. The van der Waals surface area contributed by atoms with E-state index < -0.39 is 8.32 Å². The standard InChI is InChI=1S/C12H27NO3Si/c1-10(11(14)13(5)15-6)9-16-17(7,8)12(2,3)4/h10H,9H2,1-8H3/t10-/m1/s1. The second-order valence-corrected chi connectivity index (χ2v) is 10.8. The quantitative estimate of drug-likeness (QED) is 0.564. The second-order valence-electron chi connectivity index (χ2n) is 5.99. The zero-order valence-electron chi connectivity index (χ0n) is 12.5. The Bertz CT molecular complexity index is 261. The average molecular weight is 261 g/mol. The molecule has 4 nitrogen and oxygen atoms in total. The molecule has 0 saturated heterocycles. The number of carbonyl (C=O) groups is 1. The zero-order chi connectivity index (χ0) is 13.9. The maximum absolute atomic E-state index is 11.8. The van der Waals surface area contributed by atoms with Crippen LogP contribution in [0.4, 0.5) is 0 Å². The lowest BCUT2D eigenvalue weighted by Crippen LogP contribution is -2.43. The predicted octanol–water partition coefficient (Wildman–Crippen LogP) is 2.66. The first kappa shape index (κ1) is 16.6. The van der Waals surface area contributed by atoms with Crippen LogP contribution in [0.5, 0.6) is 0 Å². The van der Waals surface area contributed by atoms with Crippen molar-refractivity contribution in [2.75, 3.05) is 20.8 Å². The van der Waals surface area contributed by atoms with Gasteiger partial charge < -0.3 is 4.43 Å². The second kappa shape index (κ2) is 5.98. The van der Waals surface area contributed by atoms with Crippen LogP contribution < -0.4 is 0 Å². The van der Waals surface area contributed by atoms with E-state index in [-0.39, 0.29) is 16.9 Å². The fraction of sp³-hybridized carbons (Fsp3) is 0.917. The normalized spacial score (nSPS) is 14.6. The van der Waals surface area contributed by atoms with E-state index in [0.29, 0.717) is 6.61 Å². The van der Waals surface area contributed by atoms with Crippen molar-refractivity contribution in [3.63, 3.8) is 0 Å². The summed E-state index contributed by atoms with van der Waals surface area (Å²) in [5.41, 5.74) is 0. The fourth-order valence-electron chi connectivity index (χ4n) is 1.02. The van der Waals surface area contributed by atoms with E-state index in [0.717, 1.165) is 0 Å². The third-order valence-electron chi connectivity index (χ3n) is 3.51. The topological polar surface area (TPSA) is 38.8 Å². The summed E-state index contributed by atoms with van der Waals surface area (Å²) in [6.07, 6.45) is 0. The van der Waals surface area contributed by atoms with E-state index in [2.05, 4.69) is 33.9 Å². The highest BCUT2D eigenvalue weighted by atomic mass is 28.4. The minimum Gasteiger partial charge on any atom is -0.416 e. The molecule has 0 N–H and O–H groups in total. The Morgan fingerprint density at radius 2 is 1.82 bits per heavy atom. The highest BCUT2D eigenvalue weighted by Gasteiger charge is 2.37. The molecule has 0 aliphatic rings. The minimum atomic E-state index is -1.77. The zero-order valence-corrected chi connectivity index (χ0v) is 13.5. The van der Waals surface area contributed by atoms with Gasteiger partial charge in [0.2, 0.25) is 0 Å². The summed E-state index contributed by atoms with van der Waals surface area (Å²) >= 11 is 0. The Hall–Kier alpha value is -0.393. The van der Waals surface area contributed by atoms with Crippen LogP contribution in [0.1, 0.15) is 27.7 Å². The molecule has 102 valence electrons. The lowest BCUT2D eigenvalue weighted by Gasteiger charge is -2.37. The van der Waals surface area contributed by atoms with Crippen LogP contribution in [-0.4, -0.2) is 40.1 Å². The molecule has 0 aromatic carbocycles. The van der Waals surface area contributed by atoms with Gasteiger partial charge in [0.15, 0.2) is 8.32 Å². The van der Waals surface area contributed by atoms with Crippen molar-refractivity contribution in [2.24, 2.45) is 5.92 Å². The molecule has 0 unspecified atom stereocenters. The van der Waals surface area contributed by atoms with Crippen molar-refractivity contribution in [1.82, 2.24) is 5.06 Å². The number of rotatable bonds is 5. The molecule has 0 radical (unpaired) electrons. The first-order chi connectivity index (χ1) is 7.53. The molecular formula is C12H27NO3Si. The fourth-order valence-corrected chi connectivity index (χ4v) is 2.12. The van der Waals surface area contributed by atoms with Crippen LogP contribution in [0.2, 0.25) is 18.1 Å². The van der Waals surface area contributed by atoms with Crippen LogP contribution in [0, 0.1) is 5.92 Å². The molecule has 1 atom stereocenters. The molecule has 0 aromatic rings. The van der Waals surface area contributed by atoms with Gasteiger partial charge >= 0.3 is 0 Å². The summed E-state index contributed by atoms with van der Waals surface area (Å²) in [6, 6.07) is 0. The molecule has 5 heteroatoms. The van der Waals surface area contributed by atoms with Crippen molar-refractivity contribution in [3.05, 3.63) is 0 Å². The SMILES string of the molecule is CON(C)C(=O)[C@H](C)CO[Si](C)(C)C(C)(C)C. The summed E-state index contributed by atoms with van der Waals surface area (Å²) in [4.78, 5) is 16.6. The Kier molecular flexibility index (Phi) is 5.84. The van der Waals surface area contributed by atoms with E-state index >= 15 is 0 Å². The van der Waals surface area contributed by atoms with Crippen LogP contribution in [-0.2, 0) is 14.1 Å². The number of hydroxylamine groups is 2. The molecule has 0 spiro atoms. The molecule has 0 rings (SSSR count). The Morgan fingerprint density at radius 3 is 2.18 bits per heavy atom. The van der Waals surface area contributed by atoms with Gasteiger partial charge in [-0.1, -0.05) is 27.7 Å². The number of amides is 1. The van der Waals surface area contributed by atoms with Gasteiger partial charge in [0.05, 0.1) is 13.0 Å². The Labute approximate surface area is 106 Å². The summed E-state index contributed by atoms with van der Waals surface area (Å²) in [5.74, 6) is -0.222. The molecule has 17 heavy (non-hydrogen) atoms. The number of nitrogens with zero attached hydrogens (tertiary/aromatic N) is 1. The Morgan fingerprint density at radius 1 is 1.35 bits per heavy atom. The van der Waals surface area contributed by atoms with Crippen LogP contribution in [0.3, 0.4) is 0 Å². The molecule has 0 aliphatic heterocycles. The summed E-state index contributed by atoms with van der Waals surface area (Å²) in [7, 11) is 1.33. The van der Waals surface area contributed by atoms with Gasteiger partial charge in [-0.2, -0.15) is 0 Å². The van der Waals surface area contributed by atoms with Crippen molar-refractivity contribution in [3.8, 4) is 0 Å². The van der Waals surface area contributed by atoms with E-state index in [4.69, 9.17) is 9.26 Å². The van der Waals surface area contributed by atoms with Gasteiger partial charge in [0, 0.05) is 13.7 Å². The molecular weight excluding hydrogens is 234 g/mol. The minimum absolute atomic E-state index is 0.0498. The van der Waals surface area contributed by atoms with Gasteiger partial charge in [-0.05, 0) is 18.1 Å². The third-order valence-corrected chi connectivity index (χ3v) is 8.01. The molecule has 0 aliphatic carbocycles. The first-order valence-electron chi connectivity index (χ1n) is 5.98. The van der Waals surface area contributed by atoms with E-state index in [1.165, 1.54) is 12.2 Å². The van der Waals surface area contributed by atoms with Gasteiger partial charge in [-0.3, -0.25) is 9.63 Å². The third kappa shape index (κ3) is 4.77. The molecule has 0 aromatic heterocycles. The maximum atomic E-state index is 11.8. The van der Waals surface area contributed by atoms with Gasteiger partial charge in [-0.15, -0.1) is 0 Å². The molecule has 0 saturated carbocycles. The predicted molar refractivity (Wildman–Crippen MR) is 72.1 cm³/mol. The number of carbonyl (C=O) groups excluding carboxylic acids is 1. The van der Waals surface area contributed by atoms with Gasteiger partial charge in [0.25, 0.3) is 5.91 Å². The van der Waals surface area contributed by atoms with Crippen molar-refractivity contribution in [1.29, 1.82) is 0 Å². The van der Waals surface area contributed by atoms with Crippen molar-refractivity contribution < 1.29 is 14.1 Å². The van der Waals surface area contributed by atoms with Crippen LogP contribution in [0.15, 0.2) is 0 Å². The summed E-state index contributed by atoms with van der Waals surface area (Å²) < 4.78 is 6.01. The average Bonchev–Trinajstić information content (AvgIpc) is 2.22. The van der Waals surface area contributed by atoms with Gasteiger partial charge in [0.1, 0.15) is 0 Å². The number of hydrogen-bond donors (Lipinski definition) is 0. The van der Waals surface area contributed by atoms with Crippen LogP contribution in [0.25, 0.3) is 0 Å². The van der Waals surface area contributed by atoms with Crippen LogP contribution >= 0.6 is 0 Å². The summed E-state index contributed by atoms with van der Waals surface area (Å²) in [5, 5.41) is 1.42. The van der Waals surface area contributed by atoms with Crippen molar-refractivity contribution in [2.45, 2.75) is 45.8 Å². The summed E-state index contributed by atoms with van der Waals surface area (Å²) in [6.45, 7) is 13.3. The highest BCUT2D eigenvalue weighted by Crippen LogP contribution is 2.36. The first-order valence-corrected chi connectivity index (χ1v) is 8.89. The maximum Gasteiger partial charge on any atom is 0.250 e. The monoisotopic (exact) mass is 261 g/mol. The molecule has 0 fully saturated rings. The van der Waals surface area contributed by atoms with Gasteiger partial charge in [-0.25, -0.2) is 5.06 Å². The lowest BCUT2D eigenvalue weighted by atomic mass is 10.2. The Balaban J connectivity index is 4.35. The van der Waals surface area contributed by atoms with E-state index in [1.54, 1.807) is 7.05 Å².